The summed E-state index contributed by atoms with van der Waals surface area (Å²) in [6.45, 7) is 4.66. The van der Waals surface area contributed by atoms with E-state index in [1.807, 2.05) is 0 Å². The molecular weight excluding hydrogens is 390 g/mol. The van der Waals surface area contributed by atoms with E-state index in [4.69, 9.17) is 0 Å². The maximum atomic E-state index is 12.6. The Morgan fingerprint density at radius 1 is 1.19 bits per heavy atom. The molecule has 2 heterocycles. The normalized spacial score (nSPS) is 14.7. The third kappa shape index (κ3) is 3.62. The second kappa shape index (κ2) is 6.86. The Hall–Kier alpha value is -2.59. The molecule has 0 atom stereocenters. The van der Waals surface area contributed by atoms with E-state index in [2.05, 4.69) is 9.71 Å². The smallest absolute Gasteiger partial charge is 0.263 e. The summed E-state index contributed by atoms with van der Waals surface area (Å²) in [7, 11) is -3.93. The molecule has 27 heavy (non-hydrogen) atoms. The van der Waals surface area contributed by atoms with Crippen molar-refractivity contribution in [1.29, 1.82) is 0 Å². The van der Waals surface area contributed by atoms with Crippen LogP contribution in [0.5, 0.6) is 0 Å². The number of anilines is 2. The van der Waals surface area contributed by atoms with Gasteiger partial charge in [0.05, 0.1) is 21.2 Å². The quantitative estimate of drug-likeness (QED) is 0.601. The molecule has 1 aliphatic heterocycles. The fourth-order valence-electron chi connectivity index (χ4n) is 2.83. The minimum Gasteiger partial charge on any atom is -0.294 e. The minimum atomic E-state index is -3.93. The van der Waals surface area contributed by atoms with Crippen molar-refractivity contribution >= 4 is 49.8 Å². The van der Waals surface area contributed by atoms with Gasteiger partial charge in [0.2, 0.25) is 11.8 Å². The van der Waals surface area contributed by atoms with Crippen LogP contribution in [0, 0.1) is 13.8 Å². The lowest BCUT2D eigenvalue weighted by Gasteiger charge is -2.17. The average molecular weight is 407 g/mol. The van der Waals surface area contributed by atoms with Crippen LogP contribution >= 0.6 is 11.3 Å². The molecule has 1 aromatic carbocycles. The van der Waals surface area contributed by atoms with Gasteiger partial charge in [0, 0.05) is 19.8 Å². The van der Waals surface area contributed by atoms with Crippen LogP contribution in [0.3, 0.4) is 0 Å². The highest BCUT2D eigenvalue weighted by atomic mass is 32.2. The van der Waals surface area contributed by atoms with Crippen LogP contribution < -0.4 is 9.62 Å². The molecule has 2 aromatic rings. The molecule has 1 N–H and O–H groups in total. The summed E-state index contributed by atoms with van der Waals surface area (Å²) >= 11 is 0.969. The van der Waals surface area contributed by atoms with Gasteiger partial charge in [-0.15, -0.1) is 0 Å². The van der Waals surface area contributed by atoms with E-state index < -0.39 is 10.0 Å². The molecule has 0 saturated carbocycles. The highest BCUT2D eigenvalue weighted by molar-refractivity contribution is 7.93. The van der Waals surface area contributed by atoms with Crippen LogP contribution in [0.1, 0.15) is 40.7 Å². The lowest BCUT2D eigenvalue weighted by Crippen LogP contribution is -2.29. The van der Waals surface area contributed by atoms with Crippen molar-refractivity contribution in [1.82, 2.24) is 4.98 Å². The number of carbonyl (C=O) groups excluding carboxylic acids is 3. The van der Waals surface area contributed by atoms with Gasteiger partial charge < -0.3 is 0 Å². The molecule has 1 saturated heterocycles. The Bertz CT molecular complexity index is 1060. The molecule has 0 radical (unpaired) electrons. The van der Waals surface area contributed by atoms with Crippen molar-refractivity contribution in [3.63, 3.8) is 0 Å². The highest BCUT2D eigenvalue weighted by Gasteiger charge is 2.31. The minimum absolute atomic E-state index is 0.0277. The third-order valence-corrected chi connectivity index (χ3v) is 6.75. The molecule has 1 aliphatic rings. The third-order valence-electron chi connectivity index (χ3n) is 4.11. The van der Waals surface area contributed by atoms with Crippen molar-refractivity contribution in [3.8, 4) is 0 Å². The van der Waals surface area contributed by atoms with Gasteiger partial charge in [0.1, 0.15) is 0 Å². The number of hydrogen-bond donors (Lipinski definition) is 1. The molecule has 1 aromatic heterocycles. The predicted octanol–water partition coefficient (Wildman–Crippen LogP) is 2.42. The number of benzene rings is 1. The summed E-state index contributed by atoms with van der Waals surface area (Å²) in [6.07, 6.45) is 0.309. The van der Waals surface area contributed by atoms with Gasteiger partial charge in [-0.2, -0.15) is 0 Å². The Balaban J connectivity index is 1.90. The first-order valence-electron chi connectivity index (χ1n) is 8.08. The zero-order valence-electron chi connectivity index (χ0n) is 14.9. The number of aryl methyl sites for hydroxylation is 2. The maximum absolute atomic E-state index is 12.6. The Labute approximate surface area is 160 Å². The molecular formula is C17H17N3O5S2. The molecule has 0 aliphatic carbocycles. The first-order valence-corrected chi connectivity index (χ1v) is 10.4. The van der Waals surface area contributed by atoms with Crippen molar-refractivity contribution < 1.29 is 22.8 Å². The van der Waals surface area contributed by atoms with Crippen LogP contribution in [0.15, 0.2) is 23.1 Å². The van der Waals surface area contributed by atoms with Gasteiger partial charge in [-0.1, -0.05) is 11.3 Å². The predicted molar refractivity (Wildman–Crippen MR) is 101 cm³/mol. The molecule has 2 amide bonds. The largest absolute Gasteiger partial charge is 0.294 e. The van der Waals surface area contributed by atoms with E-state index in [0.29, 0.717) is 21.8 Å². The summed E-state index contributed by atoms with van der Waals surface area (Å²) in [5.74, 6) is -0.783. The highest BCUT2D eigenvalue weighted by Crippen LogP contribution is 2.30. The summed E-state index contributed by atoms with van der Waals surface area (Å²) in [5, 5.41) is 0.101. The number of nitrogens with zero attached hydrogens (tertiary/aromatic N) is 2. The van der Waals surface area contributed by atoms with E-state index in [1.54, 1.807) is 13.8 Å². The standard InChI is InChI=1S/C17H17N3O5S2/c1-9-8-12(4-5-13(9)20-14(22)6-7-15(20)23)27(24,25)19-17-18-10(2)16(26-17)11(3)21/h4-5,8H,6-7H2,1-3H3,(H,18,19). The number of amides is 2. The van der Waals surface area contributed by atoms with Gasteiger partial charge >= 0.3 is 0 Å². The zero-order chi connectivity index (χ0) is 19.9. The number of imide groups is 1. The fraction of sp³-hybridized carbons (Fsp3) is 0.294. The zero-order valence-corrected chi connectivity index (χ0v) is 16.5. The molecule has 0 unspecified atom stereocenters. The Kier molecular flexibility index (Phi) is 4.87. The number of hydrogen-bond acceptors (Lipinski definition) is 7. The van der Waals surface area contributed by atoms with Crippen molar-refractivity contribution in [2.45, 2.75) is 38.5 Å². The first kappa shape index (κ1) is 19.2. The molecule has 0 bridgehead atoms. The summed E-state index contributed by atoms with van der Waals surface area (Å²) in [5.41, 5.74) is 1.33. The first-order chi connectivity index (χ1) is 12.6. The number of Topliss-reactive ketones (excluding diaryl/α,β-unsaturated/α-hetero) is 1. The lowest BCUT2D eigenvalue weighted by molar-refractivity contribution is -0.121. The van der Waals surface area contributed by atoms with Gasteiger partial charge in [-0.25, -0.2) is 13.4 Å². The van der Waals surface area contributed by atoms with Crippen molar-refractivity contribution in [3.05, 3.63) is 34.3 Å². The van der Waals surface area contributed by atoms with E-state index >= 15 is 0 Å². The topological polar surface area (TPSA) is 114 Å². The number of rotatable bonds is 5. The Morgan fingerprint density at radius 3 is 2.33 bits per heavy atom. The van der Waals surface area contributed by atoms with Crippen LogP contribution in [0.4, 0.5) is 10.8 Å². The summed E-state index contributed by atoms with van der Waals surface area (Å²) < 4.78 is 27.6. The van der Waals surface area contributed by atoms with E-state index in [9.17, 15) is 22.8 Å². The van der Waals surface area contributed by atoms with E-state index in [0.717, 1.165) is 16.2 Å². The number of nitrogens with one attached hydrogen (secondary N) is 1. The van der Waals surface area contributed by atoms with Crippen molar-refractivity contribution in [2.75, 3.05) is 9.62 Å². The number of aromatic nitrogens is 1. The van der Waals surface area contributed by atoms with Crippen LogP contribution in [-0.2, 0) is 19.6 Å². The monoisotopic (exact) mass is 407 g/mol. The maximum Gasteiger partial charge on any atom is 0.263 e. The molecule has 0 spiro atoms. The summed E-state index contributed by atoms with van der Waals surface area (Å²) in [6, 6.07) is 4.16. The van der Waals surface area contributed by atoms with E-state index in [1.165, 1.54) is 25.1 Å². The average Bonchev–Trinajstić information content (AvgIpc) is 3.09. The van der Waals surface area contributed by atoms with Gasteiger partial charge in [-0.05, 0) is 37.6 Å². The number of sulfonamides is 1. The number of thiazole rings is 1. The van der Waals surface area contributed by atoms with Crippen LogP contribution in [0.2, 0.25) is 0 Å². The Morgan fingerprint density at radius 2 is 1.81 bits per heavy atom. The fourth-order valence-corrected chi connectivity index (χ4v) is 5.01. The second-order valence-corrected chi connectivity index (χ2v) is 8.85. The molecule has 8 nitrogen and oxygen atoms in total. The molecule has 3 rings (SSSR count). The SMILES string of the molecule is CC(=O)c1sc(NS(=O)(=O)c2ccc(N3C(=O)CCC3=O)c(C)c2)nc1C. The number of carbonyl (C=O) groups is 3. The lowest BCUT2D eigenvalue weighted by atomic mass is 10.2. The van der Waals surface area contributed by atoms with Gasteiger partial charge in [0.15, 0.2) is 10.9 Å². The van der Waals surface area contributed by atoms with Crippen molar-refractivity contribution in [2.24, 2.45) is 0 Å². The van der Waals surface area contributed by atoms with Crippen LogP contribution in [0.25, 0.3) is 0 Å². The van der Waals surface area contributed by atoms with Gasteiger partial charge in [0.25, 0.3) is 10.0 Å². The van der Waals surface area contributed by atoms with Gasteiger partial charge in [-0.3, -0.25) is 24.0 Å². The summed E-state index contributed by atoms with van der Waals surface area (Å²) in [4.78, 5) is 40.8. The van der Waals surface area contributed by atoms with E-state index in [-0.39, 0.29) is 40.5 Å². The number of ketones is 1. The molecule has 142 valence electrons. The molecule has 10 heteroatoms. The molecule has 1 fully saturated rings. The second-order valence-electron chi connectivity index (χ2n) is 6.17. The van der Waals surface area contributed by atoms with Crippen LogP contribution in [-0.4, -0.2) is 31.0 Å².